The van der Waals surface area contributed by atoms with Crippen LogP contribution in [0.3, 0.4) is 0 Å². The van der Waals surface area contributed by atoms with E-state index in [1.54, 1.807) is 0 Å². The summed E-state index contributed by atoms with van der Waals surface area (Å²) in [6, 6.07) is 13.4. The molecule has 0 saturated carbocycles. The zero-order valence-electron chi connectivity index (χ0n) is 15.7. The maximum Gasteiger partial charge on any atom is 0.238 e. The highest BCUT2D eigenvalue weighted by Gasteiger charge is 2.22. The first-order valence-corrected chi connectivity index (χ1v) is 10.8. The van der Waals surface area contributed by atoms with Crippen LogP contribution in [0.15, 0.2) is 60.0 Å². The van der Waals surface area contributed by atoms with Crippen molar-refractivity contribution in [3.8, 4) is 11.1 Å². The van der Waals surface area contributed by atoms with Gasteiger partial charge in [0.25, 0.3) is 0 Å². The molecular formula is C22H29NO2S. The number of rotatable bonds is 9. The lowest BCUT2D eigenvalue weighted by Gasteiger charge is -2.20. The Morgan fingerprint density at radius 1 is 1.08 bits per heavy atom. The van der Waals surface area contributed by atoms with Crippen molar-refractivity contribution in [2.45, 2.75) is 56.8 Å². The van der Waals surface area contributed by atoms with E-state index in [0.29, 0.717) is 5.56 Å². The predicted octanol–water partition coefficient (Wildman–Crippen LogP) is 5.55. The molecule has 0 aliphatic carbocycles. The number of hydrogen-bond acceptors (Lipinski definition) is 2. The van der Waals surface area contributed by atoms with Gasteiger partial charge in [0.05, 0.1) is 4.90 Å². The summed E-state index contributed by atoms with van der Waals surface area (Å²) in [5, 5.41) is 5.59. The van der Waals surface area contributed by atoms with Crippen LogP contribution in [0.25, 0.3) is 11.1 Å². The molecule has 2 N–H and O–H groups in total. The highest BCUT2D eigenvalue weighted by molar-refractivity contribution is 7.89. The van der Waals surface area contributed by atoms with Crippen molar-refractivity contribution < 1.29 is 8.42 Å². The van der Waals surface area contributed by atoms with Gasteiger partial charge in [0.15, 0.2) is 0 Å². The Hall–Kier alpha value is -1.91. The summed E-state index contributed by atoms with van der Waals surface area (Å²) in [5.41, 5.74) is 3.24. The van der Waals surface area contributed by atoms with Gasteiger partial charge in [0.2, 0.25) is 10.0 Å². The molecule has 2 aromatic carbocycles. The van der Waals surface area contributed by atoms with Crippen LogP contribution >= 0.6 is 0 Å². The van der Waals surface area contributed by atoms with Crippen LogP contribution in [-0.2, 0) is 10.0 Å². The van der Waals surface area contributed by atoms with Crippen molar-refractivity contribution in [3.05, 3.63) is 66.2 Å². The number of allylic oxidation sites excluding steroid dienone is 1. The highest BCUT2D eigenvalue weighted by Crippen LogP contribution is 2.35. The standard InChI is InChI=1S/C22H29NO2S/c1-4-6-7-9-12-18(5-2)20-15-16-21(19-13-10-8-11-14-19)22(17(20)3)26(23,24)25/h5,8,10-11,13-16,18H,2,4,6-7,9,12H2,1,3H3,(H2,23,24,25). The lowest BCUT2D eigenvalue weighted by atomic mass is 9.88. The summed E-state index contributed by atoms with van der Waals surface area (Å²) in [5.74, 6) is 0.136. The van der Waals surface area contributed by atoms with Gasteiger partial charge in [-0.1, -0.05) is 81.1 Å². The van der Waals surface area contributed by atoms with Crippen molar-refractivity contribution in [2.75, 3.05) is 0 Å². The Kier molecular flexibility index (Phi) is 7.18. The maximum atomic E-state index is 12.4. The van der Waals surface area contributed by atoms with E-state index in [1.807, 2.05) is 55.5 Å². The van der Waals surface area contributed by atoms with Crippen molar-refractivity contribution in [3.63, 3.8) is 0 Å². The van der Waals surface area contributed by atoms with Crippen LogP contribution in [0.4, 0.5) is 0 Å². The SMILES string of the molecule is C=CC(CCCCCC)c1ccc(-c2ccccc2)c(S(N)(=O)=O)c1C. The van der Waals surface area contributed by atoms with Gasteiger partial charge in [-0.15, -0.1) is 6.58 Å². The summed E-state index contributed by atoms with van der Waals surface area (Å²) < 4.78 is 24.7. The molecule has 0 amide bonds. The molecule has 0 aliphatic heterocycles. The molecule has 3 nitrogen and oxygen atoms in total. The molecule has 0 aliphatic rings. The van der Waals surface area contributed by atoms with Gasteiger partial charge >= 0.3 is 0 Å². The number of nitrogens with two attached hydrogens (primary N) is 1. The van der Waals surface area contributed by atoms with E-state index in [1.165, 1.54) is 19.3 Å². The van der Waals surface area contributed by atoms with Crippen LogP contribution in [0.2, 0.25) is 0 Å². The van der Waals surface area contributed by atoms with E-state index < -0.39 is 10.0 Å². The van der Waals surface area contributed by atoms with Crippen LogP contribution in [-0.4, -0.2) is 8.42 Å². The van der Waals surface area contributed by atoms with Crippen molar-refractivity contribution in [1.29, 1.82) is 0 Å². The van der Waals surface area contributed by atoms with E-state index in [0.717, 1.165) is 29.5 Å². The number of unbranched alkanes of at least 4 members (excludes halogenated alkanes) is 3. The first-order chi connectivity index (χ1) is 12.4. The van der Waals surface area contributed by atoms with Crippen LogP contribution < -0.4 is 5.14 Å². The molecule has 1 unspecified atom stereocenters. The van der Waals surface area contributed by atoms with E-state index in [2.05, 4.69) is 13.5 Å². The van der Waals surface area contributed by atoms with E-state index in [4.69, 9.17) is 5.14 Å². The minimum atomic E-state index is -3.84. The normalized spacial score (nSPS) is 12.7. The molecular weight excluding hydrogens is 342 g/mol. The molecule has 0 heterocycles. The van der Waals surface area contributed by atoms with E-state index in [9.17, 15) is 8.42 Å². The summed E-state index contributed by atoms with van der Waals surface area (Å²) in [6.45, 7) is 8.01. The third-order valence-corrected chi connectivity index (χ3v) is 5.96. The van der Waals surface area contributed by atoms with Crippen LogP contribution in [0, 0.1) is 6.92 Å². The molecule has 2 rings (SSSR count). The molecule has 26 heavy (non-hydrogen) atoms. The van der Waals surface area contributed by atoms with Gasteiger partial charge in [-0.05, 0) is 30.0 Å². The Morgan fingerprint density at radius 3 is 2.35 bits per heavy atom. The second-order valence-electron chi connectivity index (χ2n) is 6.76. The van der Waals surface area contributed by atoms with Gasteiger partial charge in [0, 0.05) is 11.5 Å². The zero-order chi connectivity index (χ0) is 19.2. The quantitative estimate of drug-likeness (QED) is 0.464. The Labute approximate surface area is 158 Å². The van der Waals surface area contributed by atoms with Crippen LogP contribution in [0.5, 0.6) is 0 Å². The third-order valence-electron chi connectivity index (χ3n) is 4.87. The molecule has 0 fully saturated rings. The van der Waals surface area contributed by atoms with Gasteiger partial charge in [0.1, 0.15) is 0 Å². The summed E-state index contributed by atoms with van der Waals surface area (Å²) in [6.07, 6.45) is 7.60. The first-order valence-electron chi connectivity index (χ1n) is 9.24. The molecule has 0 bridgehead atoms. The zero-order valence-corrected chi connectivity index (χ0v) is 16.6. The second-order valence-corrected chi connectivity index (χ2v) is 8.26. The Bertz CT molecular complexity index is 842. The van der Waals surface area contributed by atoms with Crippen molar-refractivity contribution >= 4 is 10.0 Å². The summed E-state index contributed by atoms with van der Waals surface area (Å²) in [7, 11) is -3.84. The van der Waals surface area contributed by atoms with E-state index >= 15 is 0 Å². The largest absolute Gasteiger partial charge is 0.238 e. The van der Waals surface area contributed by atoms with Gasteiger partial charge < -0.3 is 0 Å². The van der Waals surface area contributed by atoms with Gasteiger partial charge in [-0.3, -0.25) is 0 Å². The lowest BCUT2D eigenvalue weighted by Crippen LogP contribution is -2.16. The first kappa shape index (κ1) is 20.4. The lowest BCUT2D eigenvalue weighted by molar-refractivity contribution is 0.594. The second kappa shape index (κ2) is 9.15. The molecule has 0 aromatic heterocycles. The monoisotopic (exact) mass is 371 g/mol. The van der Waals surface area contributed by atoms with E-state index in [-0.39, 0.29) is 10.8 Å². The molecule has 4 heteroatoms. The maximum absolute atomic E-state index is 12.4. The smallest absolute Gasteiger partial charge is 0.225 e. The minimum absolute atomic E-state index is 0.136. The third kappa shape index (κ3) is 4.83. The molecule has 0 spiro atoms. The fourth-order valence-electron chi connectivity index (χ4n) is 3.51. The molecule has 1 atom stereocenters. The van der Waals surface area contributed by atoms with Crippen molar-refractivity contribution in [1.82, 2.24) is 0 Å². The minimum Gasteiger partial charge on any atom is -0.225 e. The molecule has 0 saturated heterocycles. The molecule has 140 valence electrons. The molecule has 0 radical (unpaired) electrons. The Balaban J connectivity index is 2.49. The highest BCUT2D eigenvalue weighted by atomic mass is 32.2. The summed E-state index contributed by atoms with van der Waals surface area (Å²) >= 11 is 0. The summed E-state index contributed by atoms with van der Waals surface area (Å²) in [4.78, 5) is 0.224. The average Bonchev–Trinajstić information content (AvgIpc) is 2.62. The number of sulfonamides is 1. The average molecular weight is 372 g/mol. The Morgan fingerprint density at radius 2 is 1.77 bits per heavy atom. The van der Waals surface area contributed by atoms with Crippen molar-refractivity contribution in [2.24, 2.45) is 5.14 Å². The van der Waals surface area contributed by atoms with Crippen LogP contribution in [0.1, 0.15) is 56.1 Å². The molecule has 2 aromatic rings. The number of benzene rings is 2. The van der Waals surface area contributed by atoms with Gasteiger partial charge in [-0.25, -0.2) is 13.6 Å². The number of hydrogen-bond donors (Lipinski definition) is 1. The fraction of sp³-hybridized carbons (Fsp3) is 0.364. The predicted molar refractivity (Wildman–Crippen MR) is 110 cm³/mol. The topological polar surface area (TPSA) is 60.2 Å². The fourth-order valence-corrected chi connectivity index (χ4v) is 4.55. The van der Waals surface area contributed by atoms with Gasteiger partial charge in [-0.2, -0.15) is 0 Å². The number of primary sulfonamides is 1.